The molecule has 0 aromatic heterocycles. The molecule has 1 aliphatic rings. The molecule has 4 amide bonds. The largest absolute Gasteiger partial charge is 0.389 e. The molecule has 1 aliphatic heterocycles. The molecule has 0 atom stereocenters. The number of hydrogen-bond donors (Lipinski definition) is 1. The van der Waals surface area contributed by atoms with Crippen LogP contribution in [0.25, 0.3) is 0 Å². The van der Waals surface area contributed by atoms with Crippen LogP contribution in [0.1, 0.15) is 33.1 Å². The second-order valence-corrected chi connectivity index (χ2v) is 4.91. The topological polar surface area (TPSA) is 66.5 Å². The van der Waals surface area contributed by atoms with E-state index in [-0.39, 0.29) is 19.4 Å². The van der Waals surface area contributed by atoms with Crippen LogP contribution in [-0.4, -0.2) is 35.5 Å². The highest BCUT2D eigenvalue weighted by Gasteiger charge is 2.46. The molecule has 0 aromatic carbocycles. The van der Waals surface area contributed by atoms with Crippen molar-refractivity contribution in [2.75, 3.05) is 6.54 Å². The van der Waals surface area contributed by atoms with E-state index in [0.29, 0.717) is 0 Å². The zero-order valence-corrected chi connectivity index (χ0v) is 10.6. The number of alkyl halides is 3. The predicted molar refractivity (Wildman–Crippen MR) is 58.9 cm³/mol. The van der Waals surface area contributed by atoms with E-state index in [2.05, 4.69) is 0 Å². The fourth-order valence-electron chi connectivity index (χ4n) is 1.65. The van der Waals surface area contributed by atoms with Gasteiger partial charge in [0.25, 0.3) is 0 Å². The lowest BCUT2D eigenvalue weighted by molar-refractivity contribution is -0.149. The minimum atomic E-state index is -4.25. The van der Waals surface area contributed by atoms with Crippen molar-refractivity contribution in [3.63, 3.8) is 0 Å². The number of rotatable bonds is 4. The minimum absolute atomic E-state index is 0.0446. The number of halogens is 3. The summed E-state index contributed by atoms with van der Waals surface area (Å²) in [7, 11) is 0. The molecule has 0 aliphatic carbocycles. The van der Waals surface area contributed by atoms with Crippen molar-refractivity contribution in [3.05, 3.63) is 0 Å². The Morgan fingerprint density at radius 2 is 1.74 bits per heavy atom. The molecule has 1 saturated heterocycles. The van der Waals surface area contributed by atoms with Crippen LogP contribution in [0.4, 0.5) is 18.0 Å². The van der Waals surface area contributed by atoms with Crippen molar-refractivity contribution < 1.29 is 27.6 Å². The summed E-state index contributed by atoms with van der Waals surface area (Å²) in [5, 5.41) is 2.01. The van der Waals surface area contributed by atoms with Gasteiger partial charge < -0.3 is 0 Å². The van der Waals surface area contributed by atoms with Crippen LogP contribution in [0, 0.1) is 5.41 Å². The molecule has 0 saturated carbocycles. The Hall–Kier alpha value is -1.60. The SMILES string of the molecule is CC1(C)C(=O)NC(=O)N(CCCCC(F)(F)F)C1=O. The zero-order chi connectivity index (χ0) is 14.8. The number of hydrogen-bond acceptors (Lipinski definition) is 3. The number of barbiturate groups is 1. The summed E-state index contributed by atoms with van der Waals surface area (Å²) < 4.78 is 35.8. The maximum atomic E-state index is 11.9. The highest BCUT2D eigenvalue weighted by molar-refractivity contribution is 6.18. The fourth-order valence-corrected chi connectivity index (χ4v) is 1.65. The number of unbranched alkanes of at least 4 members (excludes halogenated alkanes) is 1. The van der Waals surface area contributed by atoms with Crippen molar-refractivity contribution in [1.29, 1.82) is 0 Å². The molecule has 1 fully saturated rings. The van der Waals surface area contributed by atoms with Crippen LogP contribution in [0.3, 0.4) is 0 Å². The van der Waals surface area contributed by atoms with E-state index in [0.717, 1.165) is 4.90 Å². The highest BCUT2D eigenvalue weighted by Crippen LogP contribution is 2.25. The molecule has 0 radical (unpaired) electrons. The first-order valence-corrected chi connectivity index (χ1v) is 5.80. The summed E-state index contributed by atoms with van der Waals surface area (Å²) in [6.07, 6.45) is -5.33. The Kier molecular flexibility index (Phi) is 4.21. The first-order valence-electron chi connectivity index (χ1n) is 5.80. The lowest BCUT2D eigenvalue weighted by Crippen LogP contribution is -2.61. The Balaban J connectivity index is 2.56. The first kappa shape index (κ1) is 15.5. The van der Waals surface area contributed by atoms with Crippen molar-refractivity contribution in [2.24, 2.45) is 5.41 Å². The maximum absolute atomic E-state index is 11.9. The molecule has 1 heterocycles. The molecule has 0 unspecified atom stereocenters. The van der Waals surface area contributed by atoms with Gasteiger partial charge in [0.1, 0.15) is 5.41 Å². The van der Waals surface area contributed by atoms with Gasteiger partial charge >= 0.3 is 12.2 Å². The molecule has 1 N–H and O–H groups in total. The summed E-state index contributed by atoms with van der Waals surface area (Å²) in [4.78, 5) is 35.5. The predicted octanol–water partition coefficient (Wildman–Crippen LogP) is 1.82. The van der Waals surface area contributed by atoms with E-state index >= 15 is 0 Å². The number of carbonyl (C=O) groups excluding carboxylic acids is 3. The van der Waals surface area contributed by atoms with Crippen LogP contribution < -0.4 is 5.32 Å². The van der Waals surface area contributed by atoms with Crippen molar-refractivity contribution in [2.45, 2.75) is 39.3 Å². The smallest absolute Gasteiger partial charge is 0.277 e. The summed E-state index contributed by atoms with van der Waals surface area (Å²) in [6, 6.07) is -0.874. The summed E-state index contributed by atoms with van der Waals surface area (Å²) in [6.45, 7) is 2.59. The fraction of sp³-hybridized carbons (Fsp3) is 0.727. The van der Waals surface area contributed by atoms with Gasteiger partial charge in [-0.05, 0) is 26.7 Å². The van der Waals surface area contributed by atoms with Gasteiger partial charge in [-0.3, -0.25) is 19.8 Å². The Labute approximate surface area is 108 Å². The average molecular weight is 280 g/mol. The Morgan fingerprint density at radius 3 is 2.26 bits per heavy atom. The number of urea groups is 1. The molecule has 0 spiro atoms. The number of amides is 4. The molecule has 0 aromatic rings. The zero-order valence-electron chi connectivity index (χ0n) is 10.6. The second-order valence-electron chi connectivity index (χ2n) is 4.91. The molecule has 0 bridgehead atoms. The third-order valence-electron chi connectivity index (χ3n) is 2.91. The molecule has 1 rings (SSSR count). The van der Waals surface area contributed by atoms with E-state index in [1.807, 2.05) is 5.32 Å². The quantitative estimate of drug-likeness (QED) is 0.631. The van der Waals surface area contributed by atoms with Crippen LogP contribution >= 0.6 is 0 Å². The minimum Gasteiger partial charge on any atom is -0.277 e. The standard InChI is InChI=1S/C11H15F3N2O3/c1-10(2)7(17)15-9(19)16(8(10)18)6-4-3-5-11(12,13)14/h3-6H2,1-2H3,(H,15,17,19). The lowest BCUT2D eigenvalue weighted by Gasteiger charge is -2.34. The van der Waals surface area contributed by atoms with E-state index in [1.54, 1.807) is 0 Å². The van der Waals surface area contributed by atoms with Crippen LogP contribution in [0.2, 0.25) is 0 Å². The van der Waals surface area contributed by atoms with E-state index in [9.17, 15) is 27.6 Å². The van der Waals surface area contributed by atoms with E-state index in [4.69, 9.17) is 0 Å². The van der Waals surface area contributed by atoms with E-state index < -0.39 is 35.9 Å². The van der Waals surface area contributed by atoms with Crippen molar-refractivity contribution in [1.82, 2.24) is 10.2 Å². The second kappa shape index (κ2) is 5.18. The maximum Gasteiger partial charge on any atom is 0.389 e. The van der Waals surface area contributed by atoms with Crippen LogP contribution in [0.15, 0.2) is 0 Å². The highest BCUT2D eigenvalue weighted by atomic mass is 19.4. The molecule has 108 valence electrons. The third kappa shape index (κ3) is 3.68. The number of imide groups is 2. The number of nitrogens with one attached hydrogen (secondary N) is 1. The van der Waals surface area contributed by atoms with Crippen molar-refractivity contribution in [3.8, 4) is 0 Å². The summed E-state index contributed by atoms with van der Waals surface area (Å²) in [5.41, 5.74) is -1.38. The monoisotopic (exact) mass is 280 g/mol. The van der Waals surface area contributed by atoms with Crippen molar-refractivity contribution >= 4 is 17.8 Å². The summed E-state index contributed by atoms with van der Waals surface area (Å²) >= 11 is 0. The van der Waals surface area contributed by atoms with Gasteiger partial charge in [0.2, 0.25) is 11.8 Å². The molecule has 19 heavy (non-hydrogen) atoms. The van der Waals surface area contributed by atoms with Crippen LogP contribution in [-0.2, 0) is 9.59 Å². The van der Waals surface area contributed by atoms with Gasteiger partial charge in [-0.1, -0.05) is 0 Å². The van der Waals surface area contributed by atoms with Gasteiger partial charge in [0, 0.05) is 13.0 Å². The molecular formula is C11H15F3N2O3. The van der Waals surface area contributed by atoms with Gasteiger partial charge in [-0.2, -0.15) is 13.2 Å². The molecule has 8 heteroatoms. The van der Waals surface area contributed by atoms with Gasteiger partial charge in [0.05, 0.1) is 0 Å². The lowest BCUT2D eigenvalue weighted by atomic mass is 9.88. The Bertz CT molecular complexity index is 404. The average Bonchev–Trinajstić information content (AvgIpc) is 2.24. The Morgan fingerprint density at radius 1 is 1.16 bits per heavy atom. The van der Waals surface area contributed by atoms with E-state index in [1.165, 1.54) is 13.8 Å². The van der Waals surface area contributed by atoms with Gasteiger partial charge in [0.15, 0.2) is 0 Å². The first-order chi connectivity index (χ1) is 8.55. The summed E-state index contributed by atoms with van der Waals surface area (Å²) in [5.74, 6) is -1.39. The molecule has 5 nitrogen and oxygen atoms in total. The van der Waals surface area contributed by atoms with Crippen LogP contribution in [0.5, 0.6) is 0 Å². The normalized spacial score (nSPS) is 19.6. The molecular weight excluding hydrogens is 265 g/mol. The number of carbonyl (C=O) groups is 3. The van der Waals surface area contributed by atoms with Gasteiger partial charge in [-0.15, -0.1) is 0 Å². The third-order valence-corrected chi connectivity index (χ3v) is 2.91. The number of nitrogens with zero attached hydrogens (tertiary/aromatic N) is 1. The van der Waals surface area contributed by atoms with Gasteiger partial charge in [-0.25, -0.2) is 4.79 Å².